The largest absolute Gasteiger partial charge is 0.466 e. The van der Waals surface area contributed by atoms with Crippen molar-refractivity contribution in [2.45, 2.75) is 37.8 Å². The standard InChI is InChI=1S/C17H19N3O5/c1-2-25-15(21)11-9-17(19-7-3-4-14(11)19)12-8-10(20(23)24)5-6-13(12)18-16(17)22/h5-6,8,11,14H,2-4,7,9H2,1H3,(H,18,22)/p+1/t11-,14+,17-/m1/s1. The highest BCUT2D eigenvalue weighted by molar-refractivity contribution is 6.05. The zero-order chi connectivity index (χ0) is 17.8. The number of hydrogen-bond acceptors (Lipinski definition) is 5. The number of anilines is 1. The maximum Gasteiger partial charge on any atom is 0.315 e. The van der Waals surface area contributed by atoms with Crippen molar-refractivity contribution in [2.75, 3.05) is 18.5 Å². The minimum absolute atomic E-state index is 0.0232. The molecule has 0 saturated carbocycles. The van der Waals surface area contributed by atoms with Gasteiger partial charge in [0, 0.05) is 31.4 Å². The molecule has 4 atom stereocenters. The Bertz CT molecular complexity index is 780. The zero-order valence-electron chi connectivity index (χ0n) is 13.9. The van der Waals surface area contributed by atoms with Gasteiger partial charge in [-0.15, -0.1) is 0 Å². The van der Waals surface area contributed by atoms with Gasteiger partial charge in [0.25, 0.3) is 11.6 Å². The molecule has 0 aliphatic carbocycles. The Morgan fingerprint density at radius 1 is 1.52 bits per heavy atom. The van der Waals surface area contributed by atoms with Crippen LogP contribution in [0.1, 0.15) is 31.7 Å². The summed E-state index contributed by atoms with van der Waals surface area (Å²) >= 11 is 0. The Morgan fingerprint density at radius 2 is 2.32 bits per heavy atom. The molecular weight excluding hydrogens is 326 g/mol. The van der Waals surface area contributed by atoms with Crippen LogP contribution in [0.3, 0.4) is 0 Å². The highest BCUT2D eigenvalue weighted by Crippen LogP contribution is 2.45. The van der Waals surface area contributed by atoms with E-state index in [0.717, 1.165) is 24.3 Å². The molecule has 2 fully saturated rings. The minimum atomic E-state index is -0.931. The van der Waals surface area contributed by atoms with E-state index >= 15 is 0 Å². The number of hydrogen-bond donors (Lipinski definition) is 2. The van der Waals surface area contributed by atoms with Crippen LogP contribution in [-0.2, 0) is 19.9 Å². The van der Waals surface area contributed by atoms with Crippen molar-refractivity contribution in [3.8, 4) is 0 Å². The van der Waals surface area contributed by atoms with Crippen molar-refractivity contribution in [1.82, 2.24) is 0 Å². The second kappa shape index (κ2) is 5.52. The van der Waals surface area contributed by atoms with E-state index in [0.29, 0.717) is 24.3 Å². The number of nitro groups is 1. The first-order valence-corrected chi connectivity index (χ1v) is 8.62. The zero-order valence-corrected chi connectivity index (χ0v) is 13.9. The summed E-state index contributed by atoms with van der Waals surface area (Å²) in [6.07, 6.45) is 2.12. The molecule has 8 nitrogen and oxygen atoms in total. The van der Waals surface area contributed by atoms with Crippen molar-refractivity contribution in [3.63, 3.8) is 0 Å². The SMILES string of the molecule is CCOC(=O)[C@@H]1C[C@@]2(C(=O)Nc3ccc([N+](=O)[O-])cc32)[NH+]2CCC[C@@H]12. The van der Waals surface area contributed by atoms with E-state index in [9.17, 15) is 19.7 Å². The first kappa shape index (κ1) is 16.0. The third-order valence-corrected chi connectivity index (χ3v) is 5.87. The predicted molar refractivity (Wildman–Crippen MR) is 87.0 cm³/mol. The maximum absolute atomic E-state index is 13.0. The molecule has 0 aromatic heterocycles. The quantitative estimate of drug-likeness (QED) is 0.468. The first-order chi connectivity index (χ1) is 12.0. The Kier molecular flexibility index (Phi) is 3.54. The lowest BCUT2D eigenvalue weighted by Gasteiger charge is -2.29. The first-order valence-electron chi connectivity index (χ1n) is 8.62. The Hall–Kier alpha value is -2.48. The van der Waals surface area contributed by atoms with Crippen LogP contribution in [0.2, 0.25) is 0 Å². The molecule has 132 valence electrons. The van der Waals surface area contributed by atoms with Crippen LogP contribution in [0, 0.1) is 16.0 Å². The molecule has 0 bridgehead atoms. The minimum Gasteiger partial charge on any atom is -0.466 e. The van der Waals surface area contributed by atoms with Gasteiger partial charge >= 0.3 is 5.97 Å². The normalized spacial score (nSPS) is 32.4. The Labute approximate surface area is 144 Å². The van der Waals surface area contributed by atoms with Crippen molar-refractivity contribution >= 4 is 23.3 Å². The van der Waals surface area contributed by atoms with Crippen LogP contribution in [0.25, 0.3) is 0 Å². The van der Waals surface area contributed by atoms with Gasteiger partial charge in [-0.2, -0.15) is 0 Å². The van der Waals surface area contributed by atoms with Gasteiger partial charge in [0.05, 0.1) is 29.3 Å². The lowest BCUT2D eigenvalue weighted by molar-refractivity contribution is -0.947. The van der Waals surface area contributed by atoms with Crippen molar-refractivity contribution < 1.29 is 24.1 Å². The molecule has 0 radical (unpaired) electrons. The molecule has 8 heteroatoms. The summed E-state index contributed by atoms with van der Waals surface area (Å²) in [4.78, 5) is 37.2. The molecule has 1 aromatic carbocycles. The van der Waals surface area contributed by atoms with E-state index < -0.39 is 10.5 Å². The lowest BCUT2D eigenvalue weighted by atomic mass is 9.84. The Morgan fingerprint density at radius 3 is 3.04 bits per heavy atom. The van der Waals surface area contributed by atoms with Gasteiger partial charge in [0.2, 0.25) is 5.54 Å². The second-order valence-electron chi connectivity index (χ2n) is 6.93. The summed E-state index contributed by atoms with van der Waals surface area (Å²) in [7, 11) is 0. The van der Waals surface area contributed by atoms with E-state index in [4.69, 9.17) is 4.74 Å². The number of non-ortho nitro benzene ring substituents is 1. The number of benzene rings is 1. The van der Waals surface area contributed by atoms with Gasteiger partial charge < -0.3 is 15.0 Å². The summed E-state index contributed by atoms with van der Waals surface area (Å²) in [6.45, 7) is 2.84. The predicted octanol–water partition coefficient (Wildman–Crippen LogP) is 0.373. The van der Waals surface area contributed by atoms with E-state index in [1.165, 1.54) is 12.1 Å². The third-order valence-electron chi connectivity index (χ3n) is 5.87. The monoisotopic (exact) mass is 346 g/mol. The number of carbonyl (C=O) groups excluding carboxylic acids is 2. The molecule has 4 rings (SSSR count). The van der Waals surface area contributed by atoms with Gasteiger partial charge in [-0.25, -0.2) is 0 Å². The third kappa shape index (κ3) is 2.10. The van der Waals surface area contributed by atoms with Gasteiger partial charge in [0.1, 0.15) is 12.0 Å². The summed E-state index contributed by atoms with van der Waals surface area (Å²) < 4.78 is 5.23. The van der Waals surface area contributed by atoms with Crippen LogP contribution in [0.15, 0.2) is 18.2 Å². The average molecular weight is 346 g/mol. The number of nitrogens with zero attached hydrogens (tertiary/aromatic N) is 1. The molecule has 1 spiro atoms. The molecule has 25 heavy (non-hydrogen) atoms. The molecule has 1 amide bonds. The number of carbonyl (C=O) groups is 2. The molecule has 3 aliphatic heterocycles. The summed E-state index contributed by atoms with van der Waals surface area (Å²) in [5, 5.41) is 14.1. The maximum atomic E-state index is 13.0. The van der Waals surface area contributed by atoms with E-state index in [2.05, 4.69) is 5.32 Å². The fraction of sp³-hybridized carbons (Fsp3) is 0.529. The molecule has 2 N–H and O–H groups in total. The summed E-state index contributed by atoms with van der Waals surface area (Å²) in [6, 6.07) is 4.49. The number of rotatable bonds is 3. The number of ether oxygens (including phenoxy) is 1. The molecule has 1 unspecified atom stereocenters. The van der Waals surface area contributed by atoms with Crippen molar-refractivity contribution in [1.29, 1.82) is 0 Å². The number of quaternary nitrogens is 1. The van der Waals surface area contributed by atoms with Crippen LogP contribution in [-0.4, -0.2) is 36.0 Å². The van der Waals surface area contributed by atoms with Crippen LogP contribution < -0.4 is 10.2 Å². The number of nitrogens with one attached hydrogen (secondary N) is 2. The smallest absolute Gasteiger partial charge is 0.315 e. The fourth-order valence-electron chi connectivity index (χ4n) is 4.93. The molecule has 1 aromatic rings. The average Bonchev–Trinajstić information content (AvgIpc) is 3.23. The number of amides is 1. The van der Waals surface area contributed by atoms with Crippen molar-refractivity contribution in [2.24, 2.45) is 5.92 Å². The molecule has 3 aliphatic rings. The summed E-state index contributed by atoms with van der Waals surface area (Å²) in [5.41, 5.74) is 0.281. The number of esters is 1. The van der Waals surface area contributed by atoms with E-state index in [-0.39, 0.29) is 29.5 Å². The Balaban J connectivity index is 1.82. The second-order valence-corrected chi connectivity index (χ2v) is 6.93. The lowest BCUT2D eigenvalue weighted by Crippen LogP contribution is -3.19. The number of nitro benzene ring substituents is 1. The fourth-order valence-corrected chi connectivity index (χ4v) is 4.93. The van der Waals surface area contributed by atoms with Gasteiger partial charge in [-0.3, -0.25) is 19.7 Å². The highest BCUT2D eigenvalue weighted by atomic mass is 16.6. The molecular formula is C17H20N3O5+. The number of fused-ring (bicyclic) bond motifs is 4. The van der Waals surface area contributed by atoms with Gasteiger partial charge in [-0.05, 0) is 13.0 Å². The van der Waals surface area contributed by atoms with E-state index in [1.807, 2.05) is 0 Å². The van der Waals surface area contributed by atoms with E-state index in [1.54, 1.807) is 13.0 Å². The van der Waals surface area contributed by atoms with Gasteiger partial charge in [0.15, 0.2) is 0 Å². The van der Waals surface area contributed by atoms with Crippen molar-refractivity contribution in [3.05, 3.63) is 33.9 Å². The molecule has 2 saturated heterocycles. The topological polar surface area (TPSA) is 103 Å². The van der Waals surface area contributed by atoms with Gasteiger partial charge in [-0.1, -0.05) is 0 Å². The molecule has 3 heterocycles. The van der Waals surface area contributed by atoms with Crippen LogP contribution in [0.4, 0.5) is 11.4 Å². The highest BCUT2D eigenvalue weighted by Gasteiger charge is 2.67. The van der Waals surface area contributed by atoms with Crippen LogP contribution >= 0.6 is 0 Å². The van der Waals surface area contributed by atoms with Crippen LogP contribution in [0.5, 0.6) is 0 Å². The summed E-state index contributed by atoms with van der Waals surface area (Å²) in [5.74, 6) is -0.791.